The van der Waals surface area contributed by atoms with Gasteiger partial charge >= 0.3 is 6.18 Å². The van der Waals surface area contributed by atoms with Crippen molar-refractivity contribution in [3.63, 3.8) is 0 Å². The predicted molar refractivity (Wildman–Crippen MR) is 108 cm³/mol. The molecule has 0 bridgehead atoms. The van der Waals surface area contributed by atoms with Gasteiger partial charge in [0.05, 0.1) is 16.6 Å². The van der Waals surface area contributed by atoms with Crippen molar-refractivity contribution in [2.24, 2.45) is 0 Å². The fourth-order valence-corrected chi connectivity index (χ4v) is 3.92. The number of hydrogen-bond donors (Lipinski definition) is 1. The molecule has 4 rings (SSSR count). The largest absolute Gasteiger partial charge is 0.416 e. The molecule has 1 aromatic heterocycles. The lowest BCUT2D eigenvalue weighted by molar-refractivity contribution is -0.144. The normalized spacial score (nSPS) is 17.1. The molecule has 1 aliphatic rings. The molecule has 2 amide bonds. The zero-order valence-corrected chi connectivity index (χ0v) is 16.8. The molecule has 1 atom stereocenters. The Kier molecular flexibility index (Phi) is 5.43. The Balaban J connectivity index is 1.64. The first-order valence-electron chi connectivity index (χ1n) is 9.98. The number of carbonyl (C=O) groups excluding carboxylic acids is 2. The van der Waals surface area contributed by atoms with Crippen molar-refractivity contribution in [3.8, 4) is 0 Å². The summed E-state index contributed by atoms with van der Waals surface area (Å²) >= 11 is 0. The average Bonchev–Trinajstić information content (AvgIpc) is 3.10. The number of alkyl halides is 3. The van der Waals surface area contributed by atoms with E-state index in [1.165, 1.54) is 17.0 Å². The fourth-order valence-electron chi connectivity index (χ4n) is 3.92. The van der Waals surface area contributed by atoms with Crippen LogP contribution in [0.25, 0.3) is 11.0 Å². The lowest BCUT2D eigenvalue weighted by Crippen LogP contribution is -2.52. The summed E-state index contributed by atoms with van der Waals surface area (Å²) in [5, 5.41) is 2.70. The summed E-state index contributed by atoms with van der Waals surface area (Å²) < 4.78 is 40.5. The van der Waals surface area contributed by atoms with Crippen LogP contribution >= 0.6 is 0 Å². The van der Waals surface area contributed by atoms with Crippen molar-refractivity contribution in [3.05, 3.63) is 65.5 Å². The van der Waals surface area contributed by atoms with Crippen molar-refractivity contribution in [2.75, 3.05) is 13.1 Å². The number of rotatable bonds is 4. The Morgan fingerprint density at radius 1 is 1.16 bits per heavy atom. The summed E-state index contributed by atoms with van der Waals surface area (Å²) in [7, 11) is 0. The van der Waals surface area contributed by atoms with Crippen LogP contribution in [0.4, 0.5) is 13.2 Å². The standard InChI is InChI=1S/C22H21F3N4O2/c1-2-18-27-16-5-3-4-6-17(16)29(18)13-19(30)28-12-11-26-21(31)20(28)14-7-9-15(10-8-14)22(23,24)25/h3-10,20H,2,11-13H2,1H3,(H,26,31). The molecule has 1 unspecified atom stereocenters. The number of nitrogens with zero attached hydrogens (tertiary/aromatic N) is 3. The van der Waals surface area contributed by atoms with Crippen LogP contribution in [0.1, 0.15) is 29.9 Å². The highest BCUT2D eigenvalue weighted by atomic mass is 19.4. The molecule has 31 heavy (non-hydrogen) atoms. The molecule has 1 N–H and O–H groups in total. The smallest absolute Gasteiger partial charge is 0.352 e. The van der Waals surface area contributed by atoms with Gasteiger partial charge in [0, 0.05) is 19.5 Å². The van der Waals surface area contributed by atoms with Crippen molar-refractivity contribution >= 4 is 22.8 Å². The molecule has 1 fully saturated rings. The van der Waals surface area contributed by atoms with Crippen LogP contribution in [0, 0.1) is 0 Å². The van der Waals surface area contributed by atoms with Crippen molar-refractivity contribution in [1.82, 2.24) is 19.8 Å². The van der Waals surface area contributed by atoms with E-state index in [0.29, 0.717) is 12.0 Å². The number of fused-ring (bicyclic) bond motifs is 1. The van der Waals surface area contributed by atoms with Gasteiger partial charge in [-0.2, -0.15) is 13.2 Å². The minimum absolute atomic E-state index is 0.00585. The van der Waals surface area contributed by atoms with E-state index in [0.717, 1.165) is 29.0 Å². The number of imidazole rings is 1. The van der Waals surface area contributed by atoms with E-state index in [4.69, 9.17) is 0 Å². The molecular weight excluding hydrogens is 409 g/mol. The highest BCUT2D eigenvalue weighted by Gasteiger charge is 2.36. The molecule has 0 spiro atoms. The van der Waals surface area contributed by atoms with Crippen LogP contribution in [0.5, 0.6) is 0 Å². The molecule has 1 aliphatic heterocycles. The van der Waals surface area contributed by atoms with Gasteiger partial charge in [0.1, 0.15) is 18.4 Å². The quantitative estimate of drug-likeness (QED) is 0.691. The second-order valence-electron chi connectivity index (χ2n) is 7.36. The number of aromatic nitrogens is 2. The number of aryl methyl sites for hydroxylation is 1. The minimum Gasteiger partial charge on any atom is -0.352 e. The van der Waals surface area contributed by atoms with Gasteiger partial charge in [-0.1, -0.05) is 31.2 Å². The van der Waals surface area contributed by atoms with E-state index >= 15 is 0 Å². The number of halogens is 3. The molecule has 3 aromatic rings. The number of nitrogens with one attached hydrogen (secondary N) is 1. The Morgan fingerprint density at radius 3 is 2.55 bits per heavy atom. The van der Waals surface area contributed by atoms with Crippen LogP contribution in [0.3, 0.4) is 0 Å². The van der Waals surface area contributed by atoms with Gasteiger partial charge in [0.15, 0.2) is 0 Å². The number of benzene rings is 2. The number of carbonyl (C=O) groups is 2. The minimum atomic E-state index is -4.47. The van der Waals surface area contributed by atoms with Crippen LogP contribution in [0.15, 0.2) is 48.5 Å². The number of amides is 2. The molecule has 1 saturated heterocycles. The molecule has 2 heterocycles. The molecule has 0 aliphatic carbocycles. The van der Waals surface area contributed by atoms with Crippen LogP contribution in [-0.2, 0) is 28.7 Å². The van der Waals surface area contributed by atoms with Gasteiger partial charge < -0.3 is 14.8 Å². The molecule has 162 valence electrons. The van der Waals surface area contributed by atoms with E-state index < -0.39 is 23.7 Å². The first-order chi connectivity index (χ1) is 14.8. The second-order valence-corrected chi connectivity index (χ2v) is 7.36. The Labute approximate surface area is 176 Å². The summed E-state index contributed by atoms with van der Waals surface area (Å²) in [6.45, 7) is 2.49. The summed E-state index contributed by atoms with van der Waals surface area (Å²) in [5.74, 6) is 0.0465. The van der Waals surface area contributed by atoms with Crippen LogP contribution in [0.2, 0.25) is 0 Å². The van der Waals surface area contributed by atoms with Gasteiger partial charge in [-0.3, -0.25) is 9.59 Å². The number of hydrogen-bond acceptors (Lipinski definition) is 3. The summed E-state index contributed by atoms with van der Waals surface area (Å²) in [6, 6.07) is 10.9. The molecule has 2 aromatic carbocycles. The maximum Gasteiger partial charge on any atom is 0.416 e. The van der Waals surface area contributed by atoms with Crippen LogP contribution in [-0.4, -0.2) is 39.4 Å². The second kappa shape index (κ2) is 8.05. The van der Waals surface area contributed by atoms with E-state index in [1.54, 1.807) is 0 Å². The zero-order valence-electron chi connectivity index (χ0n) is 16.8. The highest BCUT2D eigenvalue weighted by molar-refractivity contribution is 5.90. The van der Waals surface area contributed by atoms with Crippen LogP contribution < -0.4 is 5.32 Å². The highest BCUT2D eigenvalue weighted by Crippen LogP contribution is 2.31. The van der Waals surface area contributed by atoms with Gasteiger partial charge in [-0.25, -0.2) is 4.98 Å². The molecule has 0 radical (unpaired) electrons. The summed E-state index contributed by atoms with van der Waals surface area (Å²) in [5.41, 5.74) is 1.13. The lowest BCUT2D eigenvalue weighted by Gasteiger charge is -2.35. The van der Waals surface area contributed by atoms with Gasteiger partial charge in [0.25, 0.3) is 0 Å². The van der Waals surface area contributed by atoms with E-state index in [2.05, 4.69) is 10.3 Å². The SMILES string of the molecule is CCc1nc2ccccc2n1CC(=O)N1CCNC(=O)C1c1ccc(C(F)(F)F)cc1. The Morgan fingerprint density at radius 2 is 1.87 bits per heavy atom. The molecule has 6 nitrogen and oxygen atoms in total. The number of piperazine rings is 1. The van der Waals surface area contributed by atoms with Crippen molar-refractivity contribution < 1.29 is 22.8 Å². The summed E-state index contributed by atoms with van der Waals surface area (Å²) in [4.78, 5) is 31.8. The monoisotopic (exact) mass is 430 g/mol. The molecular formula is C22H21F3N4O2. The first-order valence-corrected chi connectivity index (χ1v) is 9.98. The zero-order chi connectivity index (χ0) is 22.2. The van der Waals surface area contributed by atoms with Gasteiger partial charge in [-0.05, 0) is 29.8 Å². The third kappa shape index (κ3) is 3.99. The summed E-state index contributed by atoms with van der Waals surface area (Å²) in [6.07, 6.45) is -3.84. The topological polar surface area (TPSA) is 67.2 Å². The third-order valence-electron chi connectivity index (χ3n) is 5.43. The first kappa shape index (κ1) is 20.9. The van der Waals surface area contributed by atoms with Gasteiger partial charge in [0.2, 0.25) is 11.8 Å². The van der Waals surface area contributed by atoms with Crippen molar-refractivity contribution in [1.29, 1.82) is 0 Å². The maximum absolute atomic E-state index is 13.3. The fraction of sp³-hybridized carbons (Fsp3) is 0.318. The maximum atomic E-state index is 13.3. The lowest BCUT2D eigenvalue weighted by atomic mass is 10.0. The molecule has 9 heteroatoms. The van der Waals surface area contributed by atoms with Gasteiger partial charge in [-0.15, -0.1) is 0 Å². The van der Waals surface area contributed by atoms with E-state index in [1.807, 2.05) is 35.8 Å². The predicted octanol–water partition coefficient (Wildman–Crippen LogP) is 3.32. The Bertz CT molecular complexity index is 1120. The van der Waals surface area contributed by atoms with Crippen molar-refractivity contribution in [2.45, 2.75) is 32.1 Å². The third-order valence-corrected chi connectivity index (χ3v) is 5.43. The molecule has 0 saturated carbocycles. The number of para-hydroxylation sites is 2. The van der Waals surface area contributed by atoms with E-state index in [-0.39, 0.29) is 25.5 Å². The van der Waals surface area contributed by atoms with E-state index in [9.17, 15) is 22.8 Å². The Hall–Kier alpha value is -3.36. The average molecular weight is 430 g/mol.